The van der Waals surface area contributed by atoms with Gasteiger partial charge in [-0.1, -0.05) is 50.2 Å². The van der Waals surface area contributed by atoms with Gasteiger partial charge in [0, 0.05) is 11.4 Å². The van der Waals surface area contributed by atoms with Crippen molar-refractivity contribution in [3.05, 3.63) is 59.7 Å². The molecule has 2 N–H and O–H groups in total. The van der Waals surface area contributed by atoms with E-state index in [1.54, 1.807) is 0 Å². The number of nitrogens with one attached hydrogen (secondary N) is 2. The van der Waals surface area contributed by atoms with Crippen molar-refractivity contribution in [3.8, 4) is 0 Å². The first-order valence-corrected chi connectivity index (χ1v) is 9.62. The second kappa shape index (κ2) is 9.89. The van der Waals surface area contributed by atoms with E-state index in [-0.39, 0.29) is 23.3 Å². The largest absolute Gasteiger partial charge is 0.325 e. The highest BCUT2D eigenvalue weighted by Crippen LogP contribution is 2.17. The summed E-state index contributed by atoms with van der Waals surface area (Å²) in [4.78, 5) is 24.1. The molecule has 25 heavy (non-hydrogen) atoms. The molecule has 0 atom stereocenters. The Morgan fingerprint density at radius 1 is 0.760 bits per heavy atom. The number of amides is 2. The van der Waals surface area contributed by atoms with Gasteiger partial charge in [-0.05, 0) is 36.1 Å². The van der Waals surface area contributed by atoms with Gasteiger partial charge < -0.3 is 10.6 Å². The van der Waals surface area contributed by atoms with Crippen LogP contribution in [-0.4, -0.2) is 23.3 Å². The van der Waals surface area contributed by atoms with Crippen LogP contribution in [0.1, 0.15) is 25.0 Å². The van der Waals surface area contributed by atoms with Crippen LogP contribution < -0.4 is 10.6 Å². The zero-order valence-corrected chi connectivity index (χ0v) is 15.5. The predicted octanol–water partition coefficient (Wildman–Crippen LogP) is 4.12. The van der Waals surface area contributed by atoms with Crippen molar-refractivity contribution in [3.63, 3.8) is 0 Å². The Bertz CT molecular complexity index is 670. The van der Waals surface area contributed by atoms with Crippen molar-refractivity contribution in [1.29, 1.82) is 0 Å². The fraction of sp³-hybridized carbons (Fsp3) is 0.300. The highest BCUT2D eigenvalue weighted by molar-refractivity contribution is 8.00. The highest BCUT2D eigenvalue weighted by Gasteiger charge is 2.09. The fourth-order valence-corrected chi connectivity index (χ4v) is 3.13. The zero-order chi connectivity index (χ0) is 18.1. The average Bonchev–Trinajstić information content (AvgIpc) is 2.62. The monoisotopic (exact) mass is 356 g/mol. The van der Waals surface area contributed by atoms with Crippen LogP contribution in [0.5, 0.6) is 0 Å². The first-order chi connectivity index (χ1) is 12.1. The lowest BCUT2D eigenvalue weighted by Crippen LogP contribution is -2.19. The van der Waals surface area contributed by atoms with Gasteiger partial charge in [0.05, 0.1) is 11.5 Å². The van der Waals surface area contributed by atoms with Crippen molar-refractivity contribution < 1.29 is 9.59 Å². The van der Waals surface area contributed by atoms with Crippen molar-refractivity contribution in [2.24, 2.45) is 0 Å². The smallest absolute Gasteiger partial charge is 0.234 e. The SMILES string of the molecule is CCc1ccccc1NC(=O)CSCC(=O)Nc1ccccc1CC. The summed E-state index contributed by atoms with van der Waals surface area (Å²) in [6.07, 6.45) is 1.73. The van der Waals surface area contributed by atoms with Crippen molar-refractivity contribution in [2.45, 2.75) is 26.7 Å². The molecule has 4 nitrogen and oxygen atoms in total. The molecule has 0 aliphatic carbocycles. The predicted molar refractivity (Wildman–Crippen MR) is 106 cm³/mol. The van der Waals surface area contributed by atoms with Crippen LogP contribution in [0.15, 0.2) is 48.5 Å². The van der Waals surface area contributed by atoms with Gasteiger partial charge >= 0.3 is 0 Å². The Labute approximate surface area is 153 Å². The third-order valence-corrected chi connectivity index (χ3v) is 4.74. The molecule has 0 radical (unpaired) electrons. The molecule has 0 bridgehead atoms. The van der Waals surface area contributed by atoms with E-state index in [1.165, 1.54) is 11.8 Å². The van der Waals surface area contributed by atoms with Gasteiger partial charge in [-0.3, -0.25) is 9.59 Å². The van der Waals surface area contributed by atoms with E-state index in [2.05, 4.69) is 24.5 Å². The fourth-order valence-electron chi connectivity index (χ4n) is 2.51. The van der Waals surface area contributed by atoms with Gasteiger partial charge in [0.1, 0.15) is 0 Å². The van der Waals surface area contributed by atoms with Crippen LogP contribution in [0.25, 0.3) is 0 Å². The van der Waals surface area contributed by atoms with Gasteiger partial charge in [-0.25, -0.2) is 0 Å². The molecule has 132 valence electrons. The van der Waals surface area contributed by atoms with Gasteiger partial charge in [0.15, 0.2) is 0 Å². The summed E-state index contributed by atoms with van der Waals surface area (Å²) in [5, 5.41) is 5.82. The van der Waals surface area contributed by atoms with E-state index in [4.69, 9.17) is 0 Å². The van der Waals surface area contributed by atoms with Crippen LogP contribution >= 0.6 is 11.8 Å². The van der Waals surface area contributed by atoms with Crippen LogP contribution in [0, 0.1) is 0 Å². The number of hydrogen-bond acceptors (Lipinski definition) is 3. The molecule has 0 aliphatic heterocycles. The molecule has 0 aliphatic rings. The average molecular weight is 356 g/mol. The number of anilines is 2. The molecular formula is C20H24N2O2S. The van der Waals surface area contributed by atoms with Crippen molar-refractivity contribution >= 4 is 35.0 Å². The standard InChI is InChI=1S/C20H24N2O2S/c1-3-15-9-5-7-11-17(15)21-19(23)13-25-14-20(24)22-18-12-8-6-10-16(18)4-2/h5-12H,3-4,13-14H2,1-2H3,(H,21,23)(H,22,24). The summed E-state index contributed by atoms with van der Waals surface area (Å²) in [6.45, 7) is 4.11. The number of carbonyl (C=O) groups excluding carboxylic acids is 2. The normalized spacial score (nSPS) is 10.3. The summed E-state index contributed by atoms with van der Waals surface area (Å²) in [5.41, 5.74) is 3.90. The van der Waals surface area contributed by atoms with E-state index >= 15 is 0 Å². The van der Waals surface area contributed by atoms with Crippen LogP contribution in [0.4, 0.5) is 11.4 Å². The third kappa shape index (κ3) is 5.94. The Balaban J connectivity index is 1.78. The maximum Gasteiger partial charge on any atom is 0.234 e. The Kier molecular flexibility index (Phi) is 7.54. The van der Waals surface area contributed by atoms with Gasteiger partial charge in [0.25, 0.3) is 0 Å². The minimum absolute atomic E-state index is 0.0901. The summed E-state index contributed by atoms with van der Waals surface area (Å²) < 4.78 is 0. The molecule has 0 aromatic heterocycles. The summed E-state index contributed by atoms with van der Waals surface area (Å²) in [5.74, 6) is 0.322. The lowest BCUT2D eigenvalue weighted by atomic mass is 10.1. The Morgan fingerprint density at radius 2 is 1.16 bits per heavy atom. The molecule has 2 aromatic rings. The third-order valence-electron chi connectivity index (χ3n) is 3.81. The molecule has 2 aromatic carbocycles. The van der Waals surface area contributed by atoms with Gasteiger partial charge in [-0.2, -0.15) is 0 Å². The zero-order valence-electron chi connectivity index (χ0n) is 14.7. The number of para-hydroxylation sites is 2. The summed E-state index contributed by atoms with van der Waals surface area (Å²) in [7, 11) is 0. The molecule has 0 fully saturated rings. The van der Waals surface area contributed by atoms with Crippen LogP contribution in [0.2, 0.25) is 0 Å². The molecule has 2 amide bonds. The molecule has 5 heteroatoms. The van der Waals surface area contributed by atoms with Gasteiger partial charge in [-0.15, -0.1) is 11.8 Å². The van der Waals surface area contributed by atoms with E-state index in [1.807, 2.05) is 48.5 Å². The number of rotatable bonds is 8. The maximum atomic E-state index is 12.1. The number of benzene rings is 2. The van der Waals surface area contributed by atoms with E-state index in [0.717, 1.165) is 35.3 Å². The van der Waals surface area contributed by atoms with Crippen molar-refractivity contribution in [1.82, 2.24) is 0 Å². The second-order valence-corrected chi connectivity index (χ2v) is 6.60. The topological polar surface area (TPSA) is 58.2 Å². The summed E-state index contributed by atoms with van der Waals surface area (Å²) >= 11 is 1.31. The Morgan fingerprint density at radius 3 is 1.56 bits per heavy atom. The molecule has 0 spiro atoms. The quantitative estimate of drug-likeness (QED) is 0.748. The second-order valence-electron chi connectivity index (χ2n) is 5.61. The first kappa shape index (κ1) is 19.1. The molecule has 0 saturated heterocycles. The number of hydrogen-bond donors (Lipinski definition) is 2. The van der Waals surface area contributed by atoms with E-state index in [9.17, 15) is 9.59 Å². The van der Waals surface area contributed by atoms with Gasteiger partial charge in [0.2, 0.25) is 11.8 Å². The molecule has 0 unspecified atom stereocenters. The van der Waals surface area contributed by atoms with E-state index in [0.29, 0.717) is 0 Å². The summed E-state index contributed by atoms with van der Waals surface area (Å²) in [6, 6.07) is 15.5. The number of thioether (sulfide) groups is 1. The highest BCUT2D eigenvalue weighted by atomic mass is 32.2. The minimum atomic E-state index is -0.0901. The van der Waals surface area contributed by atoms with Crippen LogP contribution in [0.3, 0.4) is 0 Å². The maximum absolute atomic E-state index is 12.1. The molecule has 0 saturated carbocycles. The van der Waals surface area contributed by atoms with Crippen LogP contribution in [-0.2, 0) is 22.4 Å². The first-order valence-electron chi connectivity index (χ1n) is 8.47. The molecule has 0 heterocycles. The molecule has 2 rings (SSSR count). The number of aryl methyl sites for hydroxylation is 2. The number of carbonyl (C=O) groups is 2. The molecular weight excluding hydrogens is 332 g/mol. The van der Waals surface area contributed by atoms with Crippen molar-refractivity contribution in [2.75, 3.05) is 22.1 Å². The lowest BCUT2D eigenvalue weighted by Gasteiger charge is -2.10. The minimum Gasteiger partial charge on any atom is -0.325 e. The lowest BCUT2D eigenvalue weighted by molar-refractivity contribution is -0.114. The Hall–Kier alpha value is -2.27. The van der Waals surface area contributed by atoms with E-state index < -0.39 is 0 Å².